The summed E-state index contributed by atoms with van der Waals surface area (Å²) in [4.78, 5) is 36.8. The van der Waals surface area contributed by atoms with Crippen LogP contribution in [0.4, 0.5) is 4.79 Å². The van der Waals surface area contributed by atoms with Crippen LogP contribution >= 0.6 is 0 Å². The predicted molar refractivity (Wildman–Crippen MR) is 75.7 cm³/mol. The Morgan fingerprint density at radius 3 is 2.43 bits per heavy atom. The molecule has 0 radical (unpaired) electrons. The number of carboxylic acids is 1. The van der Waals surface area contributed by atoms with Gasteiger partial charge in [0.05, 0.1) is 5.92 Å². The smallest absolute Gasteiger partial charge is 0.315 e. The highest BCUT2D eigenvalue weighted by atomic mass is 16.4. The third-order valence-electron chi connectivity index (χ3n) is 4.29. The standard InChI is InChI=1S/C14H23N3O4/c1-9(12(18)17-7-2-3-8-17)15-14(21)16-11-6-4-5-10(11)13(19)20/h9-11H,2-8H2,1H3,(H,19,20)(H2,15,16,21). The van der Waals surface area contributed by atoms with Crippen molar-refractivity contribution in [2.45, 2.75) is 51.1 Å². The average Bonchev–Trinajstić information content (AvgIpc) is 3.08. The Hall–Kier alpha value is -1.79. The Kier molecular flexibility index (Phi) is 5.03. The van der Waals surface area contributed by atoms with Gasteiger partial charge in [-0.1, -0.05) is 6.42 Å². The van der Waals surface area contributed by atoms with Crippen LogP contribution in [-0.4, -0.2) is 53.1 Å². The summed E-state index contributed by atoms with van der Waals surface area (Å²) in [6.07, 6.45) is 4.06. The number of likely N-dealkylation sites (tertiary alicyclic amines) is 1. The molecule has 21 heavy (non-hydrogen) atoms. The molecule has 3 unspecified atom stereocenters. The van der Waals surface area contributed by atoms with Gasteiger partial charge < -0.3 is 20.6 Å². The molecule has 1 heterocycles. The van der Waals surface area contributed by atoms with Gasteiger partial charge in [0, 0.05) is 19.1 Å². The van der Waals surface area contributed by atoms with Gasteiger partial charge in [-0.2, -0.15) is 0 Å². The van der Waals surface area contributed by atoms with Crippen molar-refractivity contribution >= 4 is 17.9 Å². The molecule has 0 spiro atoms. The molecular weight excluding hydrogens is 274 g/mol. The molecule has 0 aromatic rings. The lowest BCUT2D eigenvalue weighted by Gasteiger charge is -2.23. The molecule has 7 heteroatoms. The van der Waals surface area contributed by atoms with E-state index in [1.807, 2.05) is 0 Å². The van der Waals surface area contributed by atoms with Crippen molar-refractivity contribution in [3.8, 4) is 0 Å². The molecule has 7 nitrogen and oxygen atoms in total. The molecule has 3 N–H and O–H groups in total. The van der Waals surface area contributed by atoms with Gasteiger partial charge in [-0.15, -0.1) is 0 Å². The molecule has 3 atom stereocenters. The molecule has 1 saturated carbocycles. The summed E-state index contributed by atoms with van der Waals surface area (Å²) in [5.41, 5.74) is 0. The number of carbonyl (C=O) groups is 3. The third-order valence-corrected chi connectivity index (χ3v) is 4.29. The van der Waals surface area contributed by atoms with Crippen LogP contribution in [0.2, 0.25) is 0 Å². The van der Waals surface area contributed by atoms with E-state index in [0.717, 1.165) is 32.4 Å². The first-order valence-electron chi connectivity index (χ1n) is 7.57. The zero-order chi connectivity index (χ0) is 15.4. The summed E-state index contributed by atoms with van der Waals surface area (Å²) in [6, 6.07) is -1.41. The minimum Gasteiger partial charge on any atom is -0.481 e. The van der Waals surface area contributed by atoms with Crippen molar-refractivity contribution in [3.05, 3.63) is 0 Å². The number of hydrogen-bond acceptors (Lipinski definition) is 3. The van der Waals surface area contributed by atoms with Crippen molar-refractivity contribution in [3.63, 3.8) is 0 Å². The van der Waals surface area contributed by atoms with Gasteiger partial charge in [0.25, 0.3) is 0 Å². The maximum atomic E-state index is 12.1. The fraction of sp³-hybridized carbons (Fsp3) is 0.786. The molecule has 1 aliphatic heterocycles. The Morgan fingerprint density at radius 1 is 1.14 bits per heavy atom. The zero-order valence-electron chi connectivity index (χ0n) is 12.3. The average molecular weight is 297 g/mol. The maximum absolute atomic E-state index is 12.1. The van der Waals surface area contributed by atoms with Gasteiger partial charge in [0.2, 0.25) is 5.91 Å². The molecule has 118 valence electrons. The first kappa shape index (κ1) is 15.6. The van der Waals surface area contributed by atoms with Crippen LogP contribution in [-0.2, 0) is 9.59 Å². The van der Waals surface area contributed by atoms with Gasteiger partial charge in [-0.25, -0.2) is 4.79 Å². The Morgan fingerprint density at radius 2 is 1.81 bits per heavy atom. The molecule has 3 amide bonds. The van der Waals surface area contributed by atoms with Crippen molar-refractivity contribution in [2.24, 2.45) is 5.92 Å². The number of urea groups is 1. The number of amides is 3. The van der Waals surface area contributed by atoms with E-state index in [4.69, 9.17) is 5.11 Å². The number of nitrogens with zero attached hydrogens (tertiary/aromatic N) is 1. The molecular formula is C14H23N3O4. The molecule has 2 fully saturated rings. The number of hydrogen-bond donors (Lipinski definition) is 3. The lowest BCUT2D eigenvalue weighted by atomic mass is 10.0. The van der Waals surface area contributed by atoms with Crippen LogP contribution in [0.15, 0.2) is 0 Å². The van der Waals surface area contributed by atoms with E-state index in [0.29, 0.717) is 12.8 Å². The van der Waals surface area contributed by atoms with Gasteiger partial charge in [-0.3, -0.25) is 9.59 Å². The van der Waals surface area contributed by atoms with E-state index in [9.17, 15) is 14.4 Å². The van der Waals surface area contributed by atoms with Crippen molar-refractivity contribution in [2.75, 3.05) is 13.1 Å². The number of rotatable bonds is 4. The van der Waals surface area contributed by atoms with E-state index >= 15 is 0 Å². The summed E-state index contributed by atoms with van der Waals surface area (Å²) >= 11 is 0. The van der Waals surface area contributed by atoms with Crippen LogP contribution in [0.1, 0.15) is 39.0 Å². The Balaban J connectivity index is 1.80. The fourth-order valence-electron chi connectivity index (χ4n) is 3.11. The van der Waals surface area contributed by atoms with Crippen LogP contribution in [0.25, 0.3) is 0 Å². The van der Waals surface area contributed by atoms with Gasteiger partial charge in [0.1, 0.15) is 6.04 Å². The second kappa shape index (κ2) is 6.78. The van der Waals surface area contributed by atoms with E-state index in [-0.39, 0.29) is 11.9 Å². The monoisotopic (exact) mass is 297 g/mol. The van der Waals surface area contributed by atoms with Crippen LogP contribution < -0.4 is 10.6 Å². The van der Waals surface area contributed by atoms with E-state index in [1.165, 1.54) is 0 Å². The maximum Gasteiger partial charge on any atom is 0.315 e. The molecule has 2 aliphatic rings. The number of carbonyl (C=O) groups excluding carboxylic acids is 2. The SMILES string of the molecule is CC(NC(=O)NC1CCCC1C(=O)O)C(=O)N1CCCC1. The highest BCUT2D eigenvalue weighted by Gasteiger charge is 2.34. The van der Waals surface area contributed by atoms with Crippen LogP contribution in [0, 0.1) is 5.92 Å². The lowest BCUT2D eigenvalue weighted by Crippen LogP contribution is -2.52. The topological polar surface area (TPSA) is 98.7 Å². The summed E-state index contributed by atoms with van der Waals surface area (Å²) < 4.78 is 0. The van der Waals surface area contributed by atoms with Gasteiger partial charge in [-0.05, 0) is 32.6 Å². The largest absolute Gasteiger partial charge is 0.481 e. The normalized spacial score (nSPS) is 26.4. The molecule has 1 saturated heterocycles. The number of aliphatic carboxylic acids is 1. The second-order valence-corrected chi connectivity index (χ2v) is 5.85. The second-order valence-electron chi connectivity index (χ2n) is 5.85. The highest BCUT2D eigenvalue weighted by Crippen LogP contribution is 2.25. The minimum absolute atomic E-state index is 0.0798. The van der Waals surface area contributed by atoms with E-state index in [1.54, 1.807) is 11.8 Å². The van der Waals surface area contributed by atoms with Gasteiger partial charge >= 0.3 is 12.0 Å². The summed E-state index contributed by atoms with van der Waals surface area (Å²) in [6.45, 7) is 3.15. The lowest BCUT2D eigenvalue weighted by molar-refractivity contribution is -0.142. The Bertz CT molecular complexity index is 420. The van der Waals surface area contributed by atoms with Gasteiger partial charge in [0.15, 0.2) is 0 Å². The van der Waals surface area contributed by atoms with Crippen LogP contribution in [0.3, 0.4) is 0 Å². The first-order chi connectivity index (χ1) is 9.99. The van der Waals surface area contributed by atoms with Crippen molar-refractivity contribution in [1.82, 2.24) is 15.5 Å². The van der Waals surface area contributed by atoms with Crippen molar-refractivity contribution < 1.29 is 19.5 Å². The quantitative estimate of drug-likeness (QED) is 0.705. The molecule has 0 aromatic carbocycles. The highest BCUT2D eigenvalue weighted by molar-refractivity contribution is 5.87. The summed E-state index contributed by atoms with van der Waals surface area (Å²) in [7, 11) is 0. The first-order valence-corrected chi connectivity index (χ1v) is 7.57. The van der Waals surface area contributed by atoms with Crippen LogP contribution in [0.5, 0.6) is 0 Å². The molecule has 0 bridgehead atoms. The molecule has 0 aromatic heterocycles. The summed E-state index contributed by atoms with van der Waals surface area (Å²) in [5, 5.41) is 14.4. The minimum atomic E-state index is -0.876. The van der Waals surface area contributed by atoms with E-state index in [2.05, 4.69) is 10.6 Å². The Labute approximate surface area is 124 Å². The number of carboxylic acid groups (broad SMARTS) is 1. The van der Waals surface area contributed by atoms with E-state index < -0.39 is 24.0 Å². The number of nitrogens with one attached hydrogen (secondary N) is 2. The zero-order valence-corrected chi connectivity index (χ0v) is 12.3. The summed E-state index contributed by atoms with van der Waals surface area (Å²) in [5.74, 6) is -1.48. The molecule has 2 rings (SSSR count). The third kappa shape index (κ3) is 3.86. The fourth-order valence-corrected chi connectivity index (χ4v) is 3.11. The molecule has 1 aliphatic carbocycles. The predicted octanol–water partition coefficient (Wildman–Crippen LogP) is 0.550. The van der Waals surface area contributed by atoms with Crippen molar-refractivity contribution in [1.29, 1.82) is 0 Å².